The topological polar surface area (TPSA) is 76.1 Å². The molecule has 0 spiro atoms. The lowest BCUT2D eigenvalue weighted by Gasteiger charge is -2.12. The van der Waals surface area contributed by atoms with Crippen LogP contribution in [0.1, 0.15) is 12.5 Å². The summed E-state index contributed by atoms with van der Waals surface area (Å²) in [7, 11) is 0. The van der Waals surface area contributed by atoms with Crippen LogP contribution < -0.4 is 15.4 Å². The summed E-state index contributed by atoms with van der Waals surface area (Å²) in [5.41, 5.74) is 2.79. The van der Waals surface area contributed by atoms with Crippen molar-refractivity contribution in [3.8, 4) is 5.75 Å². The third-order valence-electron chi connectivity index (χ3n) is 4.43. The summed E-state index contributed by atoms with van der Waals surface area (Å²) < 4.78 is 19.0. The molecule has 1 heterocycles. The summed E-state index contributed by atoms with van der Waals surface area (Å²) in [4.78, 5) is 19.9. The lowest BCUT2D eigenvalue weighted by molar-refractivity contribution is -0.114. The number of halogens is 2. The highest BCUT2D eigenvalue weighted by molar-refractivity contribution is 6.32. The van der Waals surface area contributed by atoms with E-state index in [1.54, 1.807) is 42.5 Å². The van der Waals surface area contributed by atoms with Gasteiger partial charge in [-0.15, -0.1) is 0 Å². The maximum Gasteiger partial charge on any atom is 0.221 e. The molecule has 0 unspecified atom stereocenters. The van der Waals surface area contributed by atoms with Crippen LogP contribution in [0.3, 0.4) is 0 Å². The number of hydrogen-bond acceptors (Lipinski definition) is 5. The van der Waals surface area contributed by atoms with E-state index in [2.05, 4.69) is 20.6 Å². The van der Waals surface area contributed by atoms with Gasteiger partial charge in [0.1, 0.15) is 30.3 Å². The molecule has 0 radical (unpaired) electrons. The zero-order chi connectivity index (χ0) is 21.8. The molecule has 0 fully saturated rings. The van der Waals surface area contributed by atoms with Crippen molar-refractivity contribution in [3.05, 3.63) is 83.4 Å². The maximum atomic E-state index is 13.3. The quantitative estimate of drug-likeness (QED) is 0.405. The number of fused-ring (bicyclic) bond motifs is 1. The van der Waals surface area contributed by atoms with Gasteiger partial charge in [-0.05, 0) is 54.1 Å². The standard InChI is InChI=1S/C23H18ClFN4O2/c1-14(30)28-17-5-7-21-19(10-17)23(27-13-26-21)29-18-6-8-22(20(24)11-18)31-12-15-3-2-4-16(25)9-15/h2-11,13H,12H2,1H3,(H,28,30)(H,26,27,29). The number of nitrogens with zero attached hydrogens (tertiary/aromatic N) is 2. The van der Waals surface area contributed by atoms with Crippen LogP contribution in [-0.2, 0) is 11.4 Å². The minimum Gasteiger partial charge on any atom is -0.487 e. The summed E-state index contributed by atoms with van der Waals surface area (Å²) >= 11 is 6.37. The van der Waals surface area contributed by atoms with Gasteiger partial charge in [-0.1, -0.05) is 23.7 Å². The first kappa shape index (κ1) is 20.6. The molecule has 2 N–H and O–H groups in total. The monoisotopic (exact) mass is 436 g/mol. The molecule has 156 valence electrons. The number of carbonyl (C=O) groups excluding carboxylic acids is 1. The minimum absolute atomic E-state index is 0.161. The van der Waals surface area contributed by atoms with Gasteiger partial charge in [-0.2, -0.15) is 0 Å². The third-order valence-corrected chi connectivity index (χ3v) is 4.73. The highest BCUT2D eigenvalue weighted by atomic mass is 35.5. The van der Waals surface area contributed by atoms with Crippen LogP contribution in [0.4, 0.5) is 21.6 Å². The molecule has 6 nitrogen and oxygen atoms in total. The van der Waals surface area contributed by atoms with Crippen molar-refractivity contribution in [1.82, 2.24) is 9.97 Å². The molecule has 8 heteroatoms. The first-order chi connectivity index (χ1) is 15.0. The molecule has 4 aromatic rings. The molecule has 0 aliphatic rings. The molecule has 1 amide bonds. The SMILES string of the molecule is CC(=O)Nc1ccc2ncnc(Nc3ccc(OCc4cccc(F)c4)c(Cl)c3)c2c1. The summed E-state index contributed by atoms with van der Waals surface area (Å²) in [6, 6.07) is 16.9. The Morgan fingerprint density at radius 2 is 1.90 bits per heavy atom. The Bertz CT molecular complexity index is 1270. The van der Waals surface area contributed by atoms with Crippen LogP contribution in [0, 0.1) is 5.82 Å². The Hall–Kier alpha value is -3.71. The van der Waals surface area contributed by atoms with Crippen molar-refractivity contribution in [2.45, 2.75) is 13.5 Å². The summed E-state index contributed by atoms with van der Waals surface area (Å²) in [6.07, 6.45) is 1.46. The zero-order valence-corrected chi connectivity index (χ0v) is 17.3. The largest absolute Gasteiger partial charge is 0.487 e. The van der Waals surface area contributed by atoms with Crippen molar-refractivity contribution in [2.24, 2.45) is 0 Å². The predicted octanol–water partition coefficient (Wildman–Crippen LogP) is 5.70. The normalized spacial score (nSPS) is 10.7. The Balaban J connectivity index is 1.53. The summed E-state index contributed by atoms with van der Waals surface area (Å²) in [5, 5.41) is 7.12. The second-order valence-corrected chi connectivity index (χ2v) is 7.23. The number of rotatable bonds is 6. The molecule has 1 aromatic heterocycles. The Kier molecular flexibility index (Phi) is 5.95. The molecule has 0 bridgehead atoms. The lowest BCUT2D eigenvalue weighted by atomic mass is 10.2. The molecule has 0 saturated heterocycles. The number of anilines is 3. The molecular formula is C23H18ClFN4O2. The van der Waals surface area contributed by atoms with E-state index in [4.69, 9.17) is 16.3 Å². The minimum atomic E-state index is -0.314. The van der Waals surface area contributed by atoms with Crippen LogP contribution in [0.5, 0.6) is 5.75 Å². The van der Waals surface area contributed by atoms with Crippen LogP contribution >= 0.6 is 11.6 Å². The van der Waals surface area contributed by atoms with Crippen LogP contribution in [0.2, 0.25) is 5.02 Å². The van der Waals surface area contributed by atoms with Crippen molar-refractivity contribution >= 4 is 45.6 Å². The van der Waals surface area contributed by atoms with E-state index < -0.39 is 0 Å². The maximum absolute atomic E-state index is 13.3. The van der Waals surface area contributed by atoms with E-state index in [1.165, 1.54) is 25.4 Å². The first-order valence-corrected chi connectivity index (χ1v) is 9.82. The van der Waals surface area contributed by atoms with Gasteiger partial charge in [0.05, 0.1) is 10.5 Å². The molecule has 0 atom stereocenters. The van der Waals surface area contributed by atoms with Crippen molar-refractivity contribution in [2.75, 3.05) is 10.6 Å². The average Bonchev–Trinajstić information content (AvgIpc) is 2.73. The number of carbonyl (C=O) groups is 1. The second-order valence-electron chi connectivity index (χ2n) is 6.82. The number of hydrogen-bond donors (Lipinski definition) is 2. The van der Waals surface area contributed by atoms with Gasteiger partial charge < -0.3 is 15.4 Å². The molecular weight excluding hydrogens is 419 g/mol. The smallest absolute Gasteiger partial charge is 0.221 e. The van der Waals surface area contributed by atoms with Crippen molar-refractivity contribution < 1.29 is 13.9 Å². The van der Waals surface area contributed by atoms with E-state index >= 15 is 0 Å². The van der Waals surface area contributed by atoms with Gasteiger partial charge >= 0.3 is 0 Å². The number of amides is 1. The van der Waals surface area contributed by atoms with E-state index in [-0.39, 0.29) is 18.3 Å². The Labute approximate surface area is 183 Å². The molecule has 31 heavy (non-hydrogen) atoms. The van der Waals surface area contributed by atoms with E-state index in [1.807, 2.05) is 6.07 Å². The molecule has 0 aliphatic carbocycles. The van der Waals surface area contributed by atoms with Crippen LogP contribution in [-0.4, -0.2) is 15.9 Å². The number of benzene rings is 3. The highest BCUT2D eigenvalue weighted by Gasteiger charge is 2.09. The average molecular weight is 437 g/mol. The number of ether oxygens (including phenoxy) is 1. The summed E-state index contributed by atoms with van der Waals surface area (Å²) in [5.74, 6) is 0.579. The first-order valence-electron chi connectivity index (χ1n) is 9.44. The Morgan fingerprint density at radius 1 is 1.06 bits per heavy atom. The predicted molar refractivity (Wildman–Crippen MR) is 119 cm³/mol. The second kappa shape index (κ2) is 8.97. The fourth-order valence-electron chi connectivity index (χ4n) is 3.06. The van der Waals surface area contributed by atoms with Gasteiger partial charge in [-0.25, -0.2) is 14.4 Å². The van der Waals surface area contributed by atoms with Gasteiger partial charge in [0.15, 0.2) is 0 Å². The van der Waals surface area contributed by atoms with Gasteiger partial charge in [0, 0.05) is 23.7 Å². The van der Waals surface area contributed by atoms with E-state index in [0.29, 0.717) is 33.5 Å². The fraction of sp³-hybridized carbons (Fsp3) is 0.0870. The molecule has 0 saturated carbocycles. The zero-order valence-electron chi connectivity index (χ0n) is 16.5. The lowest BCUT2D eigenvalue weighted by Crippen LogP contribution is -2.05. The van der Waals surface area contributed by atoms with Crippen molar-refractivity contribution in [3.63, 3.8) is 0 Å². The molecule has 4 rings (SSSR count). The summed E-state index contributed by atoms with van der Waals surface area (Å²) in [6.45, 7) is 1.65. The number of aromatic nitrogens is 2. The van der Waals surface area contributed by atoms with Gasteiger partial charge in [0.25, 0.3) is 0 Å². The fourth-order valence-corrected chi connectivity index (χ4v) is 3.29. The third kappa shape index (κ3) is 5.07. The molecule has 0 aliphatic heterocycles. The Morgan fingerprint density at radius 3 is 2.68 bits per heavy atom. The van der Waals surface area contributed by atoms with E-state index in [9.17, 15) is 9.18 Å². The molecule has 3 aromatic carbocycles. The number of nitrogens with one attached hydrogen (secondary N) is 2. The van der Waals surface area contributed by atoms with Crippen LogP contribution in [0.15, 0.2) is 67.0 Å². The highest BCUT2D eigenvalue weighted by Crippen LogP contribution is 2.31. The van der Waals surface area contributed by atoms with Gasteiger partial charge in [-0.3, -0.25) is 4.79 Å². The van der Waals surface area contributed by atoms with E-state index in [0.717, 1.165) is 10.9 Å². The van der Waals surface area contributed by atoms with Gasteiger partial charge in [0.2, 0.25) is 5.91 Å². The van der Waals surface area contributed by atoms with Crippen molar-refractivity contribution in [1.29, 1.82) is 0 Å². The van der Waals surface area contributed by atoms with Crippen LogP contribution in [0.25, 0.3) is 10.9 Å².